The van der Waals surface area contributed by atoms with E-state index in [4.69, 9.17) is 4.74 Å². The number of rotatable bonds is 7. The van der Waals surface area contributed by atoms with Gasteiger partial charge in [-0.25, -0.2) is 14.6 Å². The number of carbonyl (C=O) groups is 2. The van der Waals surface area contributed by atoms with Gasteiger partial charge < -0.3 is 15.2 Å². The normalized spacial score (nSPS) is 13.6. The number of ether oxygens (including phenoxy) is 1. The van der Waals surface area contributed by atoms with Crippen LogP contribution in [0.1, 0.15) is 27.7 Å². The molecule has 1 aromatic heterocycles. The average Bonchev–Trinajstić information content (AvgIpc) is 2.48. The first-order chi connectivity index (χ1) is 11.5. The van der Waals surface area contributed by atoms with E-state index in [1.165, 1.54) is 18.3 Å². The topological polar surface area (TPSA) is 132 Å². The number of aromatic nitrogens is 1. The van der Waals surface area contributed by atoms with Crippen molar-refractivity contribution in [2.24, 2.45) is 0 Å². The molecule has 0 saturated carbocycles. The van der Waals surface area contributed by atoms with Gasteiger partial charge in [-0.1, -0.05) is 10.8 Å². The number of pyridine rings is 1. The minimum absolute atomic E-state index is 0.158. The Bertz CT molecular complexity index is 650. The van der Waals surface area contributed by atoms with Crippen LogP contribution in [-0.2, 0) is 9.53 Å². The van der Waals surface area contributed by atoms with Gasteiger partial charge in [0.2, 0.25) is 0 Å². The predicted octanol–water partition coefficient (Wildman–Crippen LogP) is 3.10. The van der Waals surface area contributed by atoms with Gasteiger partial charge in [-0.15, -0.1) is 0 Å². The van der Waals surface area contributed by atoms with Gasteiger partial charge in [-0.05, 0) is 44.6 Å². The number of nitrogens with one attached hydrogen (secondary N) is 1. The van der Waals surface area contributed by atoms with Gasteiger partial charge in [0.25, 0.3) is 0 Å². The highest BCUT2D eigenvalue weighted by Crippen LogP contribution is 2.38. The Morgan fingerprint density at radius 2 is 2.08 bits per heavy atom. The number of hydrogen-bond donors (Lipinski definition) is 2. The van der Waals surface area contributed by atoms with Crippen LogP contribution < -0.4 is 5.32 Å². The zero-order valence-corrected chi connectivity index (χ0v) is 15.7. The van der Waals surface area contributed by atoms with Crippen molar-refractivity contribution >= 4 is 39.3 Å². The minimum atomic E-state index is -1.23. The summed E-state index contributed by atoms with van der Waals surface area (Å²) in [7, 11) is 2.03. The lowest BCUT2D eigenvalue weighted by molar-refractivity contribution is -0.388. The summed E-state index contributed by atoms with van der Waals surface area (Å²) in [6.45, 7) is 6.58. The highest BCUT2D eigenvalue weighted by Gasteiger charge is 2.30. The maximum Gasteiger partial charge on any atom is 0.408 e. The van der Waals surface area contributed by atoms with E-state index in [0.29, 0.717) is 0 Å². The molecule has 1 aromatic rings. The van der Waals surface area contributed by atoms with E-state index in [2.05, 4.69) is 10.3 Å². The SMILES string of the molecule is CC(SSc1ncccc1[N+](=O)[O-])[C@@H](NC(=O)OC(C)(C)C)C(=O)O. The van der Waals surface area contributed by atoms with Crippen molar-refractivity contribution in [1.82, 2.24) is 10.3 Å². The monoisotopic (exact) mass is 389 g/mol. The molecule has 2 N–H and O–H groups in total. The van der Waals surface area contributed by atoms with Gasteiger partial charge >= 0.3 is 17.7 Å². The molecule has 1 unspecified atom stereocenters. The third-order valence-corrected chi connectivity index (χ3v) is 5.45. The molecule has 0 saturated heterocycles. The zero-order chi connectivity index (χ0) is 19.2. The molecule has 138 valence electrons. The summed E-state index contributed by atoms with van der Waals surface area (Å²) in [5.41, 5.74) is -0.925. The van der Waals surface area contributed by atoms with E-state index in [1.54, 1.807) is 27.7 Å². The number of carboxylic acid groups (broad SMARTS) is 1. The van der Waals surface area contributed by atoms with E-state index < -0.39 is 33.9 Å². The van der Waals surface area contributed by atoms with Crippen LogP contribution in [0.5, 0.6) is 0 Å². The molecular weight excluding hydrogens is 370 g/mol. The standard InChI is InChI=1S/C14H19N3O6S2/c1-8(10(12(18)19)16-13(20)23-14(2,3)4)24-25-11-9(17(21)22)6-5-7-15-11/h5-8,10H,1-4H3,(H,16,20)(H,18,19)/t8?,10-/m1/s1. The lowest BCUT2D eigenvalue weighted by Gasteiger charge is -2.24. The number of aliphatic carboxylic acids is 1. The van der Waals surface area contributed by atoms with Crippen LogP contribution in [0.2, 0.25) is 0 Å². The van der Waals surface area contributed by atoms with Gasteiger partial charge in [0.05, 0.1) is 4.92 Å². The lowest BCUT2D eigenvalue weighted by Crippen LogP contribution is -2.48. The molecule has 1 heterocycles. The fraction of sp³-hybridized carbons (Fsp3) is 0.500. The van der Waals surface area contributed by atoms with Crippen molar-refractivity contribution in [1.29, 1.82) is 0 Å². The Hall–Kier alpha value is -2.01. The van der Waals surface area contributed by atoms with Crippen LogP contribution in [0.15, 0.2) is 23.4 Å². The fourth-order valence-corrected chi connectivity index (χ4v) is 3.89. The maximum atomic E-state index is 11.8. The van der Waals surface area contributed by atoms with Gasteiger partial charge in [-0.3, -0.25) is 10.1 Å². The summed E-state index contributed by atoms with van der Waals surface area (Å²) in [5, 5.41) is 22.1. The second-order valence-corrected chi connectivity index (χ2v) is 8.50. The zero-order valence-electron chi connectivity index (χ0n) is 14.1. The van der Waals surface area contributed by atoms with Crippen molar-refractivity contribution in [2.45, 2.75) is 49.6 Å². The molecule has 1 amide bonds. The van der Waals surface area contributed by atoms with E-state index >= 15 is 0 Å². The molecule has 0 fully saturated rings. The summed E-state index contributed by atoms with van der Waals surface area (Å²) in [5.74, 6) is -1.23. The lowest BCUT2D eigenvalue weighted by atomic mass is 10.2. The molecule has 0 aliphatic carbocycles. The first-order valence-corrected chi connectivity index (χ1v) is 9.37. The molecule has 11 heteroatoms. The smallest absolute Gasteiger partial charge is 0.408 e. The molecule has 25 heavy (non-hydrogen) atoms. The number of nitro groups is 1. The van der Waals surface area contributed by atoms with Crippen LogP contribution in [0.25, 0.3) is 0 Å². The Morgan fingerprint density at radius 1 is 1.44 bits per heavy atom. The Balaban J connectivity index is 2.75. The molecule has 0 bridgehead atoms. The van der Waals surface area contributed by atoms with Crippen molar-refractivity contribution in [3.8, 4) is 0 Å². The number of carbonyl (C=O) groups excluding carboxylic acids is 1. The van der Waals surface area contributed by atoms with Crippen LogP contribution >= 0.6 is 21.6 Å². The fourth-order valence-electron chi connectivity index (χ4n) is 1.58. The van der Waals surface area contributed by atoms with E-state index in [9.17, 15) is 24.8 Å². The van der Waals surface area contributed by atoms with Crippen LogP contribution in [0.3, 0.4) is 0 Å². The molecule has 0 radical (unpaired) electrons. The van der Waals surface area contributed by atoms with Crippen LogP contribution in [0, 0.1) is 10.1 Å². The number of nitrogens with zero attached hydrogens (tertiary/aromatic N) is 2. The maximum absolute atomic E-state index is 11.8. The molecule has 1 rings (SSSR count). The molecule has 2 atom stereocenters. The van der Waals surface area contributed by atoms with E-state index in [0.717, 1.165) is 21.6 Å². The number of carboxylic acids is 1. The van der Waals surface area contributed by atoms with Crippen LogP contribution in [-0.4, -0.2) is 44.0 Å². The Kier molecular flexibility index (Phi) is 7.49. The molecular formula is C14H19N3O6S2. The second-order valence-electron chi connectivity index (χ2n) is 5.93. The third-order valence-electron chi connectivity index (χ3n) is 2.63. The Labute approximate surface area is 152 Å². The first-order valence-electron chi connectivity index (χ1n) is 7.16. The number of amides is 1. The average molecular weight is 389 g/mol. The van der Waals surface area contributed by atoms with Crippen molar-refractivity contribution in [2.75, 3.05) is 0 Å². The summed E-state index contributed by atoms with van der Waals surface area (Å²) in [6.07, 6.45) is 0.565. The number of hydrogen-bond acceptors (Lipinski definition) is 8. The van der Waals surface area contributed by atoms with Gasteiger partial charge in [0, 0.05) is 17.5 Å². The van der Waals surface area contributed by atoms with Crippen LogP contribution in [0.4, 0.5) is 10.5 Å². The quantitative estimate of drug-likeness (QED) is 0.410. The third kappa shape index (κ3) is 7.18. The minimum Gasteiger partial charge on any atom is -0.480 e. The van der Waals surface area contributed by atoms with E-state index in [1.807, 2.05) is 0 Å². The van der Waals surface area contributed by atoms with Gasteiger partial charge in [0.15, 0.2) is 5.03 Å². The summed E-state index contributed by atoms with van der Waals surface area (Å²) < 4.78 is 5.05. The predicted molar refractivity (Wildman–Crippen MR) is 94.6 cm³/mol. The Morgan fingerprint density at radius 3 is 2.60 bits per heavy atom. The molecule has 0 spiro atoms. The molecule has 0 aromatic carbocycles. The largest absolute Gasteiger partial charge is 0.480 e. The van der Waals surface area contributed by atoms with Gasteiger partial charge in [-0.2, -0.15) is 0 Å². The summed E-state index contributed by atoms with van der Waals surface area (Å²) >= 11 is 0. The highest BCUT2D eigenvalue weighted by atomic mass is 33.1. The molecule has 0 aliphatic heterocycles. The first kappa shape index (κ1) is 21.0. The molecule has 0 aliphatic rings. The van der Waals surface area contributed by atoms with E-state index in [-0.39, 0.29) is 10.7 Å². The second kappa shape index (κ2) is 8.90. The summed E-state index contributed by atoms with van der Waals surface area (Å²) in [4.78, 5) is 37.5. The van der Waals surface area contributed by atoms with Gasteiger partial charge in [0.1, 0.15) is 11.6 Å². The molecule has 9 nitrogen and oxygen atoms in total. The summed E-state index contributed by atoms with van der Waals surface area (Å²) in [6, 6.07) is 1.53. The van der Waals surface area contributed by atoms with Crippen molar-refractivity contribution < 1.29 is 24.4 Å². The highest BCUT2D eigenvalue weighted by molar-refractivity contribution is 8.77. The van der Waals surface area contributed by atoms with Crippen molar-refractivity contribution in [3.05, 3.63) is 28.4 Å². The van der Waals surface area contributed by atoms with Crippen molar-refractivity contribution in [3.63, 3.8) is 0 Å². The number of alkyl carbamates (subject to hydrolysis) is 1.